The van der Waals surface area contributed by atoms with Crippen LogP contribution in [-0.4, -0.2) is 27.4 Å². The number of ether oxygens (including phenoxy) is 3. The lowest BCUT2D eigenvalue weighted by Gasteiger charge is -2.26. The normalized spacial score (nSPS) is 16.1. The van der Waals surface area contributed by atoms with Crippen LogP contribution in [0.15, 0.2) is 36.4 Å². The molecule has 1 aliphatic heterocycles. The predicted molar refractivity (Wildman–Crippen MR) is 110 cm³/mol. The van der Waals surface area contributed by atoms with E-state index in [0.717, 1.165) is 48.4 Å². The van der Waals surface area contributed by atoms with Gasteiger partial charge < -0.3 is 19.5 Å². The zero-order chi connectivity index (χ0) is 19.9. The number of unbranched alkanes of at least 4 members (excludes halogenated alkanes) is 1. The van der Waals surface area contributed by atoms with E-state index in [4.69, 9.17) is 14.2 Å². The summed E-state index contributed by atoms with van der Waals surface area (Å²) in [5.41, 5.74) is 3.21. The minimum Gasteiger partial charge on any atom is -0.494 e. The van der Waals surface area contributed by atoms with E-state index in [9.17, 15) is 4.39 Å². The molecular formula is C23H28FNO3. The second-order valence-electron chi connectivity index (χ2n) is 6.84. The summed E-state index contributed by atoms with van der Waals surface area (Å²) >= 11 is 0. The van der Waals surface area contributed by atoms with Gasteiger partial charge in [-0.05, 0) is 53.8 Å². The first-order valence-corrected chi connectivity index (χ1v) is 9.75. The van der Waals surface area contributed by atoms with Crippen molar-refractivity contribution in [3.05, 3.63) is 58.9 Å². The SMILES string of the molecule is CCCCOc1cc2c(cc1OC)C(/C=C/c1ccc(OC)c(F)c1)NCC2. The van der Waals surface area contributed by atoms with Gasteiger partial charge in [-0.25, -0.2) is 4.39 Å². The molecular weight excluding hydrogens is 357 g/mol. The van der Waals surface area contributed by atoms with Crippen molar-refractivity contribution >= 4 is 6.08 Å². The quantitative estimate of drug-likeness (QED) is 0.655. The van der Waals surface area contributed by atoms with Gasteiger partial charge in [-0.2, -0.15) is 0 Å². The van der Waals surface area contributed by atoms with Crippen molar-refractivity contribution in [2.75, 3.05) is 27.4 Å². The molecule has 5 heteroatoms. The molecule has 4 nitrogen and oxygen atoms in total. The van der Waals surface area contributed by atoms with Gasteiger partial charge in [0, 0.05) is 6.54 Å². The molecule has 0 radical (unpaired) electrons. The number of fused-ring (bicyclic) bond motifs is 1. The van der Waals surface area contributed by atoms with Gasteiger partial charge in [0.05, 0.1) is 26.9 Å². The molecule has 0 amide bonds. The number of methoxy groups -OCH3 is 2. The highest BCUT2D eigenvalue weighted by Gasteiger charge is 2.21. The summed E-state index contributed by atoms with van der Waals surface area (Å²) in [5, 5.41) is 3.50. The lowest BCUT2D eigenvalue weighted by molar-refractivity contribution is 0.287. The molecule has 0 spiro atoms. The van der Waals surface area contributed by atoms with Crippen LogP contribution in [0.1, 0.15) is 42.5 Å². The predicted octanol–water partition coefficient (Wildman–Crippen LogP) is 4.92. The number of nitrogens with one attached hydrogen (secondary N) is 1. The van der Waals surface area contributed by atoms with Crippen LogP contribution in [0.2, 0.25) is 0 Å². The Morgan fingerprint density at radius 3 is 2.64 bits per heavy atom. The smallest absolute Gasteiger partial charge is 0.165 e. The minimum absolute atomic E-state index is 0.0347. The van der Waals surface area contributed by atoms with Gasteiger partial charge in [0.1, 0.15) is 0 Å². The van der Waals surface area contributed by atoms with E-state index in [2.05, 4.69) is 24.4 Å². The second-order valence-corrected chi connectivity index (χ2v) is 6.84. The van der Waals surface area contributed by atoms with Gasteiger partial charge >= 0.3 is 0 Å². The molecule has 0 bridgehead atoms. The Balaban J connectivity index is 1.83. The maximum atomic E-state index is 13.9. The molecule has 2 aromatic carbocycles. The Morgan fingerprint density at radius 2 is 1.93 bits per heavy atom. The Kier molecular flexibility index (Phi) is 6.93. The van der Waals surface area contributed by atoms with Crippen LogP contribution in [-0.2, 0) is 6.42 Å². The highest BCUT2D eigenvalue weighted by molar-refractivity contribution is 5.55. The maximum Gasteiger partial charge on any atom is 0.165 e. The zero-order valence-electron chi connectivity index (χ0n) is 16.8. The molecule has 2 aromatic rings. The molecule has 3 rings (SSSR count). The second kappa shape index (κ2) is 9.60. The Morgan fingerprint density at radius 1 is 1.11 bits per heavy atom. The third kappa shape index (κ3) is 4.65. The average Bonchev–Trinajstić information content (AvgIpc) is 2.72. The lowest BCUT2D eigenvalue weighted by Crippen LogP contribution is -2.28. The molecule has 1 N–H and O–H groups in total. The fourth-order valence-electron chi connectivity index (χ4n) is 3.36. The van der Waals surface area contributed by atoms with Gasteiger partial charge in [0.25, 0.3) is 0 Å². The molecule has 1 heterocycles. The maximum absolute atomic E-state index is 13.9. The molecule has 28 heavy (non-hydrogen) atoms. The number of rotatable bonds is 8. The molecule has 1 atom stereocenters. The first kappa shape index (κ1) is 20.2. The third-order valence-corrected chi connectivity index (χ3v) is 4.93. The molecule has 0 fully saturated rings. The molecule has 0 aliphatic carbocycles. The Hall–Kier alpha value is -2.53. The number of hydrogen-bond acceptors (Lipinski definition) is 4. The Labute approximate surface area is 166 Å². The monoisotopic (exact) mass is 385 g/mol. The van der Waals surface area contributed by atoms with Crippen LogP contribution >= 0.6 is 0 Å². The minimum atomic E-state index is -0.364. The van der Waals surface area contributed by atoms with Crippen molar-refractivity contribution in [2.45, 2.75) is 32.2 Å². The van der Waals surface area contributed by atoms with Gasteiger partial charge in [-0.1, -0.05) is 31.6 Å². The van der Waals surface area contributed by atoms with E-state index < -0.39 is 0 Å². The lowest BCUT2D eigenvalue weighted by atomic mass is 9.93. The summed E-state index contributed by atoms with van der Waals surface area (Å²) in [6.45, 7) is 3.71. The van der Waals surface area contributed by atoms with E-state index in [1.165, 1.54) is 18.7 Å². The molecule has 1 aliphatic rings. The van der Waals surface area contributed by atoms with E-state index in [-0.39, 0.29) is 17.6 Å². The number of hydrogen-bond donors (Lipinski definition) is 1. The van der Waals surface area contributed by atoms with Gasteiger partial charge in [-0.3, -0.25) is 0 Å². The van der Waals surface area contributed by atoms with Gasteiger partial charge in [0.15, 0.2) is 23.1 Å². The number of halogens is 1. The van der Waals surface area contributed by atoms with Crippen LogP contribution < -0.4 is 19.5 Å². The van der Waals surface area contributed by atoms with Crippen molar-refractivity contribution in [3.8, 4) is 17.2 Å². The van der Waals surface area contributed by atoms with Crippen LogP contribution in [0.3, 0.4) is 0 Å². The van der Waals surface area contributed by atoms with E-state index in [1.807, 2.05) is 18.2 Å². The Bertz CT molecular complexity index is 835. The number of benzene rings is 2. The van der Waals surface area contributed by atoms with Crippen molar-refractivity contribution < 1.29 is 18.6 Å². The van der Waals surface area contributed by atoms with Gasteiger partial charge in [0.2, 0.25) is 0 Å². The third-order valence-electron chi connectivity index (χ3n) is 4.93. The fraction of sp³-hybridized carbons (Fsp3) is 0.391. The van der Waals surface area contributed by atoms with E-state index >= 15 is 0 Å². The van der Waals surface area contributed by atoms with Crippen molar-refractivity contribution in [1.82, 2.24) is 5.32 Å². The molecule has 150 valence electrons. The molecule has 0 saturated heterocycles. The van der Waals surface area contributed by atoms with Crippen LogP contribution in [0.5, 0.6) is 17.2 Å². The highest BCUT2D eigenvalue weighted by Crippen LogP contribution is 2.36. The van der Waals surface area contributed by atoms with Crippen LogP contribution in [0.4, 0.5) is 4.39 Å². The topological polar surface area (TPSA) is 39.7 Å². The first-order chi connectivity index (χ1) is 13.7. The molecule has 0 aromatic heterocycles. The van der Waals surface area contributed by atoms with E-state index in [0.29, 0.717) is 6.61 Å². The summed E-state index contributed by atoms with van der Waals surface area (Å²) in [7, 11) is 3.13. The van der Waals surface area contributed by atoms with Crippen LogP contribution in [0.25, 0.3) is 6.08 Å². The summed E-state index contributed by atoms with van der Waals surface area (Å²) in [4.78, 5) is 0. The summed E-state index contributed by atoms with van der Waals surface area (Å²) in [6, 6.07) is 9.13. The average molecular weight is 385 g/mol. The fourth-order valence-corrected chi connectivity index (χ4v) is 3.36. The van der Waals surface area contributed by atoms with E-state index in [1.54, 1.807) is 13.2 Å². The summed E-state index contributed by atoms with van der Waals surface area (Å²) < 4.78 is 30.4. The summed E-state index contributed by atoms with van der Waals surface area (Å²) in [5.74, 6) is 1.43. The highest BCUT2D eigenvalue weighted by atomic mass is 19.1. The largest absolute Gasteiger partial charge is 0.494 e. The van der Waals surface area contributed by atoms with Crippen molar-refractivity contribution in [1.29, 1.82) is 0 Å². The van der Waals surface area contributed by atoms with Crippen LogP contribution in [0, 0.1) is 5.82 Å². The molecule has 1 unspecified atom stereocenters. The van der Waals surface area contributed by atoms with Crippen molar-refractivity contribution in [2.24, 2.45) is 0 Å². The summed E-state index contributed by atoms with van der Waals surface area (Å²) in [6.07, 6.45) is 7.02. The zero-order valence-corrected chi connectivity index (χ0v) is 16.8. The van der Waals surface area contributed by atoms with Gasteiger partial charge in [-0.15, -0.1) is 0 Å². The standard InChI is InChI=1S/C23H28FNO3/c1-4-5-12-28-23-14-17-10-11-25-20(18(17)15-22(23)27-3)8-6-16-7-9-21(26-2)19(24)13-16/h6-9,13-15,20,25H,4-5,10-12H2,1-3H3/b8-6+. The molecule has 0 saturated carbocycles. The first-order valence-electron chi connectivity index (χ1n) is 9.75. The van der Waals surface area contributed by atoms with Crippen molar-refractivity contribution in [3.63, 3.8) is 0 Å².